The quantitative estimate of drug-likeness (QED) is 0.163. The Bertz CT molecular complexity index is 1120. The lowest BCUT2D eigenvalue weighted by Crippen LogP contribution is -2.25. The lowest BCUT2D eigenvalue weighted by Gasteiger charge is -2.43. The van der Waals surface area contributed by atoms with Gasteiger partial charge >= 0.3 is 0 Å². The van der Waals surface area contributed by atoms with Gasteiger partial charge in [-0.3, -0.25) is 0 Å². The Balaban J connectivity index is 1.39. The van der Waals surface area contributed by atoms with E-state index in [1.54, 1.807) is 6.07 Å². The zero-order valence-corrected chi connectivity index (χ0v) is 23.1. The van der Waals surface area contributed by atoms with Crippen molar-refractivity contribution in [3.63, 3.8) is 0 Å². The molecule has 0 saturated heterocycles. The summed E-state index contributed by atoms with van der Waals surface area (Å²) in [4.78, 5) is 1.05. The first kappa shape index (κ1) is 27.2. The van der Waals surface area contributed by atoms with E-state index in [1.807, 2.05) is 36.4 Å². The van der Waals surface area contributed by atoms with Gasteiger partial charge in [-0.05, 0) is 61.8 Å². The second-order valence-electron chi connectivity index (χ2n) is 9.48. The smallest absolute Gasteiger partial charge is 0.210 e. The molecule has 3 rings (SSSR count). The second kappa shape index (κ2) is 12.5. The van der Waals surface area contributed by atoms with Crippen LogP contribution in [0, 0.1) is 18.8 Å². The highest BCUT2D eigenvalue weighted by atomic mass is 32.3. The number of aromatic nitrogens is 1. The van der Waals surface area contributed by atoms with Gasteiger partial charge in [0.15, 0.2) is 0 Å². The summed E-state index contributed by atoms with van der Waals surface area (Å²) in [6.45, 7) is 10.4. The van der Waals surface area contributed by atoms with Crippen molar-refractivity contribution in [3.8, 4) is 17.6 Å². The van der Waals surface area contributed by atoms with Crippen LogP contribution in [0.15, 0.2) is 64.0 Å². The molecule has 35 heavy (non-hydrogen) atoms. The molecule has 3 aromatic rings. The largest absolute Gasteiger partial charge is 0.494 e. The number of benzene rings is 2. The van der Waals surface area contributed by atoms with Crippen molar-refractivity contribution < 1.29 is 17.6 Å². The van der Waals surface area contributed by atoms with Crippen LogP contribution in [-0.4, -0.2) is 35.6 Å². The molecule has 0 amide bonds. The zero-order valence-electron chi connectivity index (χ0n) is 21.4. The number of aryl methyl sites for hydroxylation is 1. The van der Waals surface area contributed by atoms with Crippen molar-refractivity contribution >= 4 is 22.4 Å². The lowest BCUT2D eigenvalue weighted by atomic mass is 10.2. The van der Waals surface area contributed by atoms with Crippen LogP contribution in [0.2, 0.25) is 0 Å². The number of nitrogens with zero attached hydrogens (tertiary/aromatic N) is 1. The molecular weight excluding hydrogens is 478 g/mol. The summed E-state index contributed by atoms with van der Waals surface area (Å²) >= 11 is 1.32. The molecule has 2 aromatic carbocycles. The fourth-order valence-electron chi connectivity index (χ4n) is 2.65. The molecule has 0 atom stereocenters. The van der Waals surface area contributed by atoms with Gasteiger partial charge in [0.25, 0.3) is 0 Å². The molecule has 0 unspecified atom stereocenters. The minimum absolute atomic E-state index is 0.173. The molecule has 0 saturated carbocycles. The van der Waals surface area contributed by atoms with Gasteiger partial charge in [-0.15, -0.1) is 10.3 Å². The summed E-state index contributed by atoms with van der Waals surface area (Å²) in [5.41, 5.74) is 2.80. The van der Waals surface area contributed by atoms with E-state index in [4.69, 9.17) is 17.6 Å². The predicted octanol–water partition coefficient (Wildman–Crippen LogP) is 7.17. The Morgan fingerprint density at radius 1 is 0.971 bits per heavy atom. The molecule has 0 aliphatic carbocycles. The van der Waals surface area contributed by atoms with Crippen molar-refractivity contribution in [1.82, 2.24) is 5.16 Å². The van der Waals surface area contributed by atoms with Crippen LogP contribution in [0.3, 0.4) is 0 Å². The van der Waals surface area contributed by atoms with E-state index < -0.39 is 10.3 Å². The van der Waals surface area contributed by atoms with Gasteiger partial charge in [-0.2, -0.15) is 0 Å². The second-order valence-corrected chi connectivity index (χ2v) is 14.3. The molecule has 1 aromatic heterocycles. The minimum atomic E-state index is -1.08. The fraction of sp³-hybridized carbons (Fsp3) is 0.393. The van der Waals surface area contributed by atoms with Crippen molar-refractivity contribution in [2.45, 2.75) is 50.4 Å². The number of hydrogen-bond donors (Lipinski definition) is 0. The lowest BCUT2D eigenvalue weighted by molar-refractivity contribution is 0.260. The molecular formula is C28H35NO4S2. The Morgan fingerprint density at radius 2 is 1.69 bits per heavy atom. The third kappa shape index (κ3) is 8.97. The van der Waals surface area contributed by atoms with Crippen molar-refractivity contribution in [3.05, 3.63) is 77.2 Å². The third-order valence-corrected chi connectivity index (χ3v) is 9.94. The van der Waals surface area contributed by atoms with E-state index in [-0.39, 0.29) is 4.75 Å². The molecule has 0 spiro atoms. The van der Waals surface area contributed by atoms with Gasteiger partial charge in [0.1, 0.15) is 18.1 Å². The van der Waals surface area contributed by atoms with Gasteiger partial charge in [0.2, 0.25) is 5.76 Å². The predicted molar refractivity (Wildman–Crippen MR) is 146 cm³/mol. The van der Waals surface area contributed by atoms with Gasteiger partial charge in [0, 0.05) is 39.7 Å². The number of hydrogen-bond acceptors (Lipinski definition) is 6. The highest BCUT2D eigenvalue weighted by Crippen LogP contribution is 2.53. The summed E-state index contributed by atoms with van der Waals surface area (Å²) in [7, 11) is -1.08. The molecule has 0 N–H and O–H groups in total. The van der Waals surface area contributed by atoms with Crippen LogP contribution in [0.5, 0.6) is 5.75 Å². The SMILES string of the molecule is Cc1ccc(SOCc2cc(C#Cc3ccc(OCCCOS(C)(C)C(C)(C)C)cc3)on2)cc1. The average Bonchev–Trinajstić information content (AvgIpc) is 3.26. The van der Waals surface area contributed by atoms with Crippen molar-refractivity contribution in [1.29, 1.82) is 0 Å². The summed E-state index contributed by atoms with van der Waals surface area (Å²) in [5.74, 6) is 7.42. The Kier molecular flexibility index (Phi) is 9.76. The van der Waals surface area contributed by atoms with Crippen LogP contribution >= 0.6 is 22.4 Å². The molecule has 0 fully saturated rings. The maximum Gasteiger partial charge on any atom is 0.210 e. The standard InChI is InChI=1S/C28H35NO4S2/c1-22-8-16-27(17-9-22)34-31-21-24-20-26(33-29-24)15-12-23-10-13-25(14-11-23)30-18-7-19-32-35(5,6)28(2,3)4/h8-11,13-14,16-17,20H,7,18-19,21H2,1-6H3. The average molecular weight is 514 g/mol. The van der Waals surface area contributed by atoms with Crippen LogP contribution in [0.4, 0.5) is 0 Å². The van der Waals surface area contributed by atoms with Crippen LogP contribution in [0.25, 0.3) is 0 Å². The number of ether oxygens (including phenoxy) is 1. The highest BCUT2D eigenvalue weighted by Gasteiger charge is 2.28. The molecule has 0 aliphatic heterocycles. The normalized spacial score (nSPS) is 12.2. The molecule has 0 radical (unpaired) electrons. The topological polar surface area (TPSA) is 53.7 Å². The Hall–Kier alpha value is -2.37. The van der Waals surface area contributed by atoms with Crippen LogP contribution in [0.1, 0.15) is 49.8 Å². The molecule has 5 nitrogen and oxygen atoms in total. The maximum atomic E-state index is 6.13. The van der Waals surface area contributed by atoms with Gasteiger partial charge in [-0.1, -0.05) is 49.5 Å². The molecule has 7 heteroatoms. The maximum absolute atomic E-state index is 6.13. The summed E-state index contributed by atoms with van der Waals surface area (Å²) in [6, 6.07) is 17.7. The van der Waals surface area contributed by atoms with Crippen LogP contribution < -0.4 is 4.74 Å². The zero-order chi connectivity index (χ0) is 25.3. The van der Waals surface area contributed by atoms with E-state index in [1.165, 1.54) is 17.6 Å². The molecule has 0 aliphatic rings. The first-order chi connectivity index (χ1) is 16.6. The van der Waals surface area contributed by atoms with Gasteiger partial charge in [0.05, 0.1) is 13.2 Å². The summed E-state index contributed by atoms with van der Waals surface area (Å²) in [5, 5.41) is 4.02. The van der Waals surface area contributed by atoms with Crippen molar-refractivity contribution in [2.24, 2.45) is 0 Å². The first-order valence-corrected chi connectivity index (χ1v) is 14.7. The van der Waals surface area contributed by atoms with E-state index in [0.717, 1.165) is 22.6 Å². The number of rotatable bonds is 10. The minimum Gasteiger partial charge on any atom is -0.494 e. The fourth-order valence-corrected chi connectivity index (χ4v) is 4.10. The van der Waals surface area contributed by atoms with Crippen molar-refractivity contribution in [2.75, 3.05) is 25.7 Å². The molecule has 188 valence electrons. The van der Waals surface area contributed by atoms with E-state index in [0.29, 0.717) is 31.3 Å². The van der Waals surface area contributed by atoms with Gasteiger partial charge in [-0.25, -0.2) is 0 Å². The monoisotopic (exact) mass is 513 g/mol. The third-order valence-electron chi connectivity index (χ3n) is 5.54. The van der Waals surface area contributed by atoms with E-state index in [2.05, 4.69) is 69.3 Å². The summed E-state index contributed by atoms with van der Waals surface area (Å²) < 4.78 is 23.1. The highest BCUT2D eigenvalue weighted by molar-refractivity contribution is 8.29. The first-order valence-electron chi connectivity index (χ1n) is 11.6. The van der Waals surface area contributed by atoms with E-state index >= 15 is 0 Å². The van der Waals surface area contributed by atoms with E-state index in [9.17, 15) is 0 Å². The molecule has 1 heterocycles. The summed E-state index contributed by atoms with van der Waals surface area (Å²) in [6.07, 6.45) is 5.29. The Morgan fingerprint density at radius 3 is 2.37 bits per heavy atom. The molecule has 0 bridgehead atoms. The van der Waals surface area contributed by atoms with Gasteiger partial charge < -0.3 is 17.6 Å². The van der Waals surface area contributed by atoms with Crippen LogP contribution in [-0.2, 0) is 15.0 Å². The Labute approximate surface area is 215 Å².